The second kappa shape index (κ2) is 4.33. The van der Waals surface area contributed by atoms with Crippen molar-refractivity contribution in [3.8, 4) is 0 Å². The molecular formula is C13H20N2. The van der Waals surface area contributed by atoms with Gasteiger partial charge in [-0.05, 0) is 25.5 Å². The number of hydrogen-bond acceptors (Lipinski definition) is 2. The zero-order chi connectivity index (χ0) is 10.7. The Morgan fingerprint density at radius 2 is 1.80 bits per heavy atom. The van der Waals surface area contributed by atoms with Crippen molar-refractivity contribution < 1.29 is 0 Å². The molecule has 0 heterocycles. The first kappa shape index (κ1) is 10.7. The van der Waals surface area contributed by atoms with Gasteiger partial charge in [0, 0.05) is 11.6 Å². The van der Waals surface area contributed by atoms with Crippen LogP contribution in [-0.4, -0.2) is 12.6 Å². The van der Waals surface area contributed by atoms with Crippen LogP contribution in [0, 0.1) is 0 Å². The van der Waals surface area contributed by atoms with Crippen LogP contribution < -0.4 is 11.1 Å². The summed E-state index contributed by atoms with van der Waals surface area (Å²) in [5.74, 6) is 0. The molecule has 0 aromatic heterocycles. The minimum absolute atomic E-state index is 0.117. The predicted octanol–water partition coefficient (Wildman–Crippen LogP) is 2.22. The van der Waals surface area contributed by atoms with Gasteiger partial charge in [-0.1, -0.05) is 43.2 Å². The van der Waals surface area contributed by atoms with E-state index in [1.54, 1.807) is 0 Å². The summed E-state index contributed by atoms with van der Waals surface area (Å²) in [6.07, 6.45) is 4.97. The molecule has 0 bridgehead atoms. The quantitative estimate of drug-likeness (QED) is 0.792. The van der Waals surface area contributed by atoms with Crippen LogP contribution in [0.5, 0.6) is 0 Å². The summed E-state index contributed by atoms with van der Waals surface area (Å²) >= 11 is 0. The minimum atomic E-state index is 0.117. The Labute approximate surface area is 91.9 Å². The lowest BCUT2D eigenvalue weighted by Crippen LogP contribution is -2.49. The topological polar surface area (TPSA) is 38.0 Å². The van der Waals surface area contributed by atoms with Crippen LogP contribution in [0.4, 0.5) is 0 Å². The second-order valence-electron chi connectivity index (χ2n) is 4.50. The van der Waals surface area contributed by atoms with Crippen LogP contribution in [0.15, 0.2) is 30.3 Å². The van der Waals surface area contributed by atoms with E-state index < -0.39 is 0 Å². The van der Waals surface area contributed by atoms with Gasteiger partial charge in [-0.15, -0.1) is 0 Å². The molecule has 2 heteroatoms. The third-order valence-corrected chi connectivity index (χ3v) is 3.75. The zero-order valence-electron chi connectivity index (χ0n) is 9.37. The molecule has 2 rings (SSSR count). The standard InChI is InChI=1S/C13H20N2/c1-15-13(9-5-6-10-13)12(14)11-7-3-2-4-8-11/h2-4,7-8,12,15H,5-6,9-10,14H2,1H3. The normalized spacial score (nSPS) is 21.5. The molecule has 3 N–H and O–H groups in total. The first-order chi connectivity index (χ1) is 7.28. The maximum Gasteiger partial charge on any atom is 0.0479 e. The second-order valence-corrected chi connectivity index (χ2v) is 4.50. The van der Waals surface area contributed by atoms with Gasteiger partial charge in [0.1, 0.15) is 0 Å². The summed E-state index contributed by atoms with van der Waals surface area (Å²) in [7, 11) is 2.04. The summed E-state index contributed by atoms with van der Waals surface area (Å²) in [4.78, 5) is 0. The third-order valence-electron chi connectivity index (χ3n) is 3.75. The van der Waals surface area contributed by atoms with Gasteiger partial charge < -0.3 is 11.1 Å². The summed E-state index contributed by atoms with van der Waals surface area (Å²) in [6, 6.07) is 10.5. The molecule has 0 aliphatic heterocycles. The SMILES string of the molecule is CNC1(C(N)c2ccccc2)CCCC1. The molecule has 1 saturated carbocycles. The maximum absolute atomic E-state index is 6.38. The Bertz CT molecular complexity index is 302. The maximum atomic E-state index is 6.38. The van der Waals surface area contributed by atoms with Crippen molar-refractivity contribution in [1.82, 2.24) is 5.32 Å². The average Bonchev–Trinajstić information content (AvgIpc) is 2.79. The van der Waals surface area contributed by atoms with Gasteiger partial charge in [0.05, 0.1) is 0 Å². The molecule has 1 aliphatic rings. The summed E-state index contributed by atoms with van der Waals surface area (Å²) in [5.41, 5.74) is 7.75. The highest BCUT2D eigenvalue weighted by atomic mass is 15.0. The number of benzene rings is 1. The van der Waals surface area contributed by atoms with Crippen LogP contribution >= 0.6 is 0 Å². The monoisotopic (exact) mass is 204 g/mol. The minimum Gasteiger partial charge on any atom is -0.322 e. The number of rotatable bonds is 3. The van der Waals surface area contributed by atoms with Gasteiger partial charge >= 0.3 is 0 Å². The first-order valence-electron chi connectivity index (χ1n) is 5.78. The van der Waals surface area contributed by atoms with E-state index >= 15 is 0 Å². The Morgan fingerprint density at radius 3 is 2.33 bits per heavy atom. The Kier molecular flexibility index (Phi) is 3.08. The summed E-state index contributed by atoms with van der Waals surface area (Å²) in [6.45, 7) is 0. The highest BCUT2D eigenvalue weighted by Crippen LogP contribution is 2.38. The lowest BCUT2D eigenvalue weighted by atomic mass is 9.84. The van der Waals surface area contributed by atoms with Gasteiger partial charge in [0.25, 0.3) is 0 Å². The largest absolute Gasteiger partial charge is 0.322 e. The van der Waals surface area contributed by atoms with E-state index in [0.717, 1.165) is 0 Å². The molecular weight excluding hydrogens is 184 g/mol. The molecule has 2 nitrogen and oxygen atoms in total. The zero-order valence-corrected chi connectivity index (χ0v) is 9.37. The fraction of sp³-hybridized carbons (Fsp3) is 0.538. The van der Waals surface area contributed by atoms with Crippen LogP contribution in [0.25, 0.3) is 0 Å². The van der Waals surface area contributed by atoms with Crippen LogP contribution in [0.3, 0.4) is 0 Å². The highest BCUT2D eigenvalue weighted by Gasteiger charge is 2.38. The van der Waals surface area contributed by atoms with Crippen molar-refractivity contribution in [3.63, 3.8) is 0 Å². The molecule has 1 aromatic carbocycles. The number of hydrogen-bond donors (Lipinski definition) is 2. The predicted molar refractivity (Wildman–Crippen MR) is 63.6 cm³/mol. The fourth-order valence-electron chi connectivity index (χ4n) is 2.70. The molecule has 0 radical (unpaired) electrons. The average molecular weight is 204 g/mol. The molecule has 1 aliphatic carbocycles. The molecule has 1 atom stereocenters. The van der Waals surface area contributed by atoms with Gasteiger partial charge in [-0.2, -0.15) is 0 Å². The van der Waals surface area contributed by atoms with Gasteiger partial charge in [0.2, 0.25) is 0 Å². The molecule has 0 spiro atoms. The summed E-state index contributed by atoms with van der Waals surface area (Å²) < 4.78 is 0. The van der Waals surface area contributed by atoms with E-state index in [2.05, 4.69) is 29.6 Å². The summed E-state index contributed by atoms with van der Waals surface area (Å²) in [5, 5.41) is 3.45. The molecule has 0 saturated heterocycles. The van der Waals surface area contributed by atoms with Crippen LogP contribution in [-0.2, 0) is 0 Å². The van der Waals surface area contributed by atoms with Crippen LogP contribution in [0.2, 0.25) is 0 Å². The van der Waals surface area contributed by atoms with Crippen molar-refractivity contribution in [2.45, 2.75) is 37.3 Å². The molecule has 82 valence electrons. The van der Waals surface area contributed by atoms with E-state index in [9.17, 15) is 0 Å². The Morgan fingerprint density at radius 1 is 1.20 bits per heavy atom. The van der Waals surface area contributed by atoms with E-state index in [4.69, 9.17) is 5.73 Å². The van der Waals surface area contributed by atoms with Crippen molar-refractivity contribution >= 4 is 0 Å². The lowest BCUT2D eigenvalue weighted by Gasteiger charge is -2.35. The Hall–Kier alpha value is -0.860. The van der Waals surface area contributed by atoms with E-state index in [1.165, 1.54) is 31.2 Å². The van der Waals surface area contributed by atoms with Crippen molar-refractivity contribution in [1.29, 1.82) is 0 Å². The number of nitrogens with one attached hydrogen (secondary N) is 1. The lowest BCUT2D eigenvalue weighted by molar-refractivity contribution is 0.294. The van der Waals surface area contributed by atoms with Gasteiger partial charge in [0.15, 0.2) is 0 Å². The smallest absolute Gasteiger partial charge is 0.0479 e. The molecule has 1 fully saturated rings. The van der Waals surface area contributed by atoms with Gasteiger partial charge in [-0.3, -0.25) is 0 Å². The highest BCUT2D eigenvalue weighted by molar-refractivity contribution is 5.23. The fourth-order valence-corrected chi connectivity index (χ4v) is 2.70. The third kappa shape index (κ3) is 1.92. The molecule has 1 unspecified atom stereocenters. The van der Waals surface area contributed by atoms with E-state index in [1.807, 2.05) is 13.1 Å². The molecule has 1 aromatic rings. The molecule has 0 amide bonds. The first-order valence-corrected chi connectivity index (χ1v) is 5.78. The van der Waals surface area contributed by atoms with Crippen molar-refractivity contribution in [2.75, 3.05) is 7.05 Å². The van der Waals surface area contributed by atoms with E-state index in [0.29, 0.717) is 0 Å². The molecule has 15 heavy (non-hydrogen) atoms. The van der Waals surface area contributed by atoms with Gasteiger partial charge in [-0.25, -0.2) is 0 Å². The number of likely N-dealkylation sites (N-methyl/N-ethyl adjacent to an activating group) is 1. The van der Waals surface area contributed by atoms with Crippen molar-refractivity contribution in [2.24, 2.45) is 5.73 Å². The van der Waals surface area contributed by atoms with Crippen molar-refractivity contribution in [3.05, 3.63) is 35.9 Å². The Balaban J connectivity index is 2.22. The van der Waals surface area contributed by atoms with Crippen LogP contribution in [0.1, 0.15) is 37.3 Å². The van der Waals surface area contributed by atoms with E-state index in [-0.39, 0.29) is 11.6 Å². The number of nitrogens with two attached hydrogens (primary N) is 1.